The molecule has 2 N–H and O–H groups in total. The van der Waals surface area contributed by atoms with Crippen LogP contribution in [0.15, 0.2) is 12.2 Å². The van der Waals surface area contributed by atoms with Crippen molar-refractivity contribution in [3.8, 4) is 0 Å². The highest BCUT2D eigenvalue weighted by molar-refractivity contribution is 7.46. The number of quaternary nitrogens is 1. The summed E-state index contributed by atoms with van der Waals surface area (Å²) in [6, 6.07) is 0. The highest BCUT2D eigenvalue weighted by Crippen LogP contribution is 2.39. The summed E-state index contributed by atoms with van der Waals surface area (Å²) in [5.41, 5.74) is 0.285. The quantitative estimate of drug-likeness (QED) is 0.289. The number of likely N-dealkylation sites (N-methyl/N-ethyl adjacent to an activating group) is 1. The van der Waals surface area contributed by atoms with Crippen LogP contribution in [0.3, 0.4) is 0 Å². The molecule has 124 valence electrons. The largest absolute Gasteiger partial charge is 0.470 e. The minimum Gasteiger partial charge on any atom is -0.459 e. The molecule has 2 atom stereocenters. The third-order valence-electron chi connectivity index (χ3n) is 2.64. The van der Waals surface area contributed by atoms with Crippen molar-refractivity contribution in [1.29, 1.82) is 0 Å². The van der Waals surface area contributed by atoms with E-state index in [2.05, 4.69) is 6.58 Å². The summed E-state index contributed by atoms with van der Waals surface area (Å²) in [6.07, 6.45) is -0.445. The van der Waals surface area contributed by atoms with E-state index in [0.717, 1.165) is 0 Å². The van der Waals surface area contributed by atoms with Crippen LogP contribution in [-0.2, 0) is 18.6 Å². The Morgan fingerprint density at radius 3 is 2.14 bits per heavy atom. The molecule has 21 heavy (non-hydrogen) atoms. The van der Waals surface area contributed by atoms with Gasteiger partial charge in [-0.25, -0.2) is 9.36 Å². The minimum absolute atomic E-state index is 0.218. The predicted octanol–water partition coefficient (Wildman–Crippen LogP) is 1.46. The summed E-state index contributed by atoms with van der Waals surface area (Å²) in [5.74, 6) is -0.512. The number of phosphoric ester groups is 1. The van der Waals surface area contributed by atoms with Gasteiger partial charge >= 0.3 is 13.8 Å². The summed E-state index contributed by atoms with van der Waals surface area (Å²) in [6.45, 7) is 7.26. The second-order valence-electron chi connectivity index (χ2n) is 6.14. The van der Waals surface area contributed by atoms with Gasteiger partial charge in [-0.15, -0.1) is 0 Å². The van der Waals surface area contributed by atoms with E-state index in [0.29, 0.717) is 17.4 Å². The van der Waals surface area contributed by atoms with Gasteiger partial charge in [-0.05, 0) is 13.3 Å². The topological polar surface area (TPSA) is 93.1 Å². The standard InChI is InChI=1S/C13H26NO6P/c1-7-11(19-13(15)10(2)3)8-12(9-14(4,5)6)20-21(16,17)18/h11-12H,2,7-9H2,1,3-6H3,(H-,16,17,18)/p+1. The van der Waals surface area contributed by atoms with Crippen molar-refractivity contribution >= 4 is 13.8 Å². The number of carbonyl (C=O) groups is 1. The van der Waals surface area contributed by atoms with Crippen molar-refractivity contribution < 1.29 is 32.9 Å². The first-order valence-electron chi connectivity index (χ1n) is 6.75. The molecule has 8 heteroatoms. The van der Waals surface area contributed by atoms with Gasteiger partial charge in [-0.3, -0.25) is 4.52 Å². The molecule has 0 amide bonds. The lowest BCUT2D eigenvalue weighted by molar-refractivity contribution is -0.873. The molecule has 0 heterocycles. The molecule has 0 aliphatic carbocycles. The Morgan fingerprint density at radius 1 is 1.29 bits per heavy atom. The average molecular weight is 324 g/mol. The molecular formula is C13H27NO6P+. The van der Waals surface area contributed by atoms with Gasteiger partial charge < -0.3 is 19.0 Å². The van der Waals surface area contributed by atoms with Crippen LogP contribution in [0, 0.1) is 0 Å². The van der Waals surface area contributed by atoms with E-state index in [1.807, 2.05) is 28.1 Å². The lowest BCUT2D eigenvalue weighted by Gasteiger charge is -2.30. The Morgan fingerprint density at radius 2 is 1.81 bits per heavy atom. The zero-order valence-electron chi connectivity index (χ0n) is 13.4. The number of ether oxygens (including phenoxy) is 1. The maximum Gasteiger partial charge on any atom is 0.470 e. The van der Waals surface area contributed by atoms with Gasteiger partial charge in [0.2, 0.25) is 0 Å². The highest BCUT2D eigenvalue weighted by Gasteiger charge is 2.30. The fourth-order valence-electron chi connectivity index (χ4n) is 1.80. The molecule has 0 radical (unpaired) electrons. The van der Waals surface area contributed by atoms with E-state index in [4.69, 9.17) is 19.0 Å². The van der Waals surface area contributed by atoms with Gasteiger partial charge in [-0.2, -0.15) is 0 Å². The van der Waals surface area contributed by atoms with Crippen molar-refractivity contribution in [1.82, 2.24) is 0 Å². The van der Waals surface area contributed by atoms with Crippen LogP contribution in [-0.4, -0.2) is 60.1 Å². The summed E-state index contributed by atoms with van der Waals surface area (Å²) >= 11 is 0. The van der Waals surface area contributed by atoms with Gasteiger partial charge in [0.05, 0.1) is 21.1 Å². The molecule has 0 aromatic carbocycles. The van der Waals surface area contributed by atoms with Crippen molar-refractivity contribution in [3.63, 3.8) is 0 Å². The van der Waals surface area contributed by atoms with Gasteiger partial charge in [0, 0.05) is 12.0 Å². The van der Waals surface area contributed by atoms with Gasteiger partial charge in [-0.1, -0.05) is 13.5 Å². The fraction of sp³-hybridized carbons (Fsp3) is 0.769. The fourth-order valence-corrected chi connectivity index (χ4v) is 2.34. The Balaban J connectivity index is 4.86. The average Bonchev–Trinajstić information content (AvgIpc) is 2.22. The third kappa shape index (κ3) is 10.6. The summed E-state index contributed by atoms with van der Waals surface area (Å²) in [7, 11) is 1.06. The minimum atomic E-state index is -4.60. The summed E-state index contributed by atoms with van der Waals surface area (Å²) < 4.78 is 21.6. The van der Waals surface area contributed by atoms with E-state index < -0.39 is 26.0 Å². The number of hydrogen-bond acceptors (Lipinski definition) is 4. The number of nitrogens with zero attached hydrogens (tertiary/aromatic N) is 1. The molecule has 0 aliphatic heterocycles. The molecule has 0 bridgehead atoms. The lowest BCUT2D eigenvalue weighted by Crippen LogP contribution is -2.43. The van der Waals surface area contributed by atoms with Gasteiger partial charge in [0.25, 0.3) is 0 Å². The number of phosphoric acid groups is 1. The normalized spacial score (nSPS) is 15.4. The number of carbonyl (C=O) groups excluding carboxylic acids is 1. The summed E-state index contributed by atoms with van der Waals surface area (Å²) in [4.78, 5) is 29.5. The Hall–Kier alpha value is -0.720. The first kappa shape index (κ1) is 20.3. The monoisotopic (exact) mass is 324 g/mol. The first-order valence-corrected chi connectivity index (χ1v) is 8.28. The molecule has 0 aromatic rings. The van der Waals surface area contributed by atoms with Crippen LogP contribution in [0.4, 0.5) is 0 Å². The van der Waals surface area contributed by atoms with E-state index in [9.17, 15) is 9.36 Å². The molecule has 0 fully saturated rings. The maximum atomic E-state index is 11.5. The van der Waals surface area contributed by atoms with Crippen molar-refractivity contribution in [2.75, 3.05) is 27.7 Å². The molecule has 2 unspecified atom stereocenters. The smallest absolute Gasteiger partial charge is 0.459 e. The van der Waals surface area contributed by atoms with Crippen LogP contribution < -0.4 is 0 Å². The van der Waals surface area contributed by atoms with Crippen molar-refractivity contribution in [2.45, 2.75) is 38.9 Å². The van der Waals surface area contributed by atoms with Gasteiger partial charge in [0.1, 0.15) is 18.8 Å². The highest BCUT2D eigenvalue weighted by atomic mass is 31.2. The molecule has 0 rings (SSSR count). The molecular weight excluding hydrogens is 297 g/mol. The molecule has 0 spiro atoms. The Bertz CT molecular complexity index is 411. The third-order valence-corrected chi connectivity index (χ3v) is 3.21. The molecule has 0 saturated carbocycles. The number of esters is 1. The molecule has 0 aliphatic rings. The summed E-state index contributed by atoms with van der Waals surface area (Å²) in [5, 5.41) is 0. The zero-order valence-corrected chi connectivity index (χ0v) is 14.3. The Labute approximate surface area is 126 Å². The second-order valence-corrected chi connectivity index (χ2v) is 7.33. The van der Waals surface area contributed by atoms with Crippen LogP contribution >= 0.6 is 7.82 Å². The van der Waals surface area contributed by atoms with E-state index >= 15 is 0 Å². The van der Waals surface area contributed by atoms with Gasteiger partial charge in [0.15, 0.2) is 0 Å². The van der Waals surface area contributed by atoms with E-state index in [-0.39, 0.29) is 12.0 Å². The zero-order chi connectivity index (χ0) is 16.8. The molecule has 0 aromatic heterocycles. The van der Waals surface area contributed by atoms with Crippen molar-refractivity contribution in [3.05, 3.63) is 12.2 Å². The maximum absolute atomic E-state index is 11.5. The SMILES string of the molecule is C=C(C)C(=O)OC(CC)CC(C[N+](C)(C)C)OP(=O)(O)O. The Kier molecular flexibility index (Phi) is 7.78. The van der Waals surface area contributed by atoms with Crippen LogP contribution in [0.25, 0.3) is 0 Å². The predicted molar refractivity (Wildman–Crippen MR) is 79.4 cm³/mol. The number of rotatable bonds is 9. The second kappa shape index (κ2) is 8.06. The first-order chi connectivity index (χ1) is 9.34. The lowest BCUT2D eigenvalue weighted by atomic mass is 10.1. The van der Waals surface area contributed by atoms with Crippen LogP contribution in [0.2, 0.25) is 0 Å². The van der Waals surface area contributed by atoms with Crippen molar-refractivity contribution in [2.24, 2.45) is 0 Å². The molecule has 0 saturated heterocycles. The molecule has 7 nitrogen and oxygen atoms in total. The van der Waals surface area contributed by atoms with Crippen LogP contribution in [0.5, 0.6) is 0 Å². The number of hydrogen-bond donors (Lipinski definition) is 2. The van der Waals surface area contributed by atoms with Crippen LogP contribution in [0.1, 0.15) is 26.7 Å². The van der Waals surface area contributed by atoms with E-state index in [1.54, 1.807) is 6.92 Å². The van der Waals surface area contributed by atoms with E-state index in [1.165, 1.54) is 0 Å².